The van der Waals surface area contributed by atoms with Crippen LogP contribution in [-0.4, -0.2) is 39.3 Å². The minimum atomic E-state index is -1.35. The van der Waals surface area contributed by atoms with E-state index in [2.05, 4.69) is 0 Å². The quantitative estimate of drug-likeness (QED) is 0.499. The molecule has 0 aromatic heterocycles. The number of nitrogens with zero attached hydrogens (tertiary/aromatic N) is 1. The number of likely N-dealkylation sites (tertiary alicyclic amines) is 1. The first kappa shape index (κ1) is 17.3. The van der Waals surface area contributed by atoms with E-state index in [1.54, 1.807) is 18.2 Å². The van der Waals surface area contributed by atoms with Crippen LogP contribution < -0.4 is 0 Å². The van der Waals surface area contributed by atoms with E-state index in [4.69, 9.17) is 5.11 Å². The van der Waals surface area contributed by atoms with Gasteiger partial charge in [-0.3, -0.25) is 14.4 Å². The number of hydrogen-bond donors (Lipinski definition) is 2. The number of hydrogen-bond acceptors (Lipinski definition) is 4. The van der Waals surface area contributed by atoms with Crippen molar-refractivity contribution in [2.45, 2.75) is 6.04 Å². The molecule has 2 aromatic rings. The highest BCUT2D eigenvalue weighted by Crippen LogP contribution is 2.39. The van der Waals surface area contributed by atoms with Gasteiger partial charge in [0.2, 0.25) is 0 Å². The van der Waals surface area contributed by atoms with E-state index in [9.17, 15) is 23.9 Å². The molecule has 6 nitrogen and oxygen atoms in total. The third-order valence-corrected chi connectivity index (χ3v) is 4.09. The lowest BCUT2D eigenvalue weighted by Gasteiger charge is -2.24. The lowest BCUT2D eigenvalue weighted by Crippen LogP contribution is -2.34. The maximum Gasteiger partial charge on any atom is 0.323 e. The Morgan fingerprint density at radius 1 is 1.00 bits per heavy atom. The Hall–Kier alpha value is -3.48. The Bertz CT molecular complexity index is 923. The molecule has 1 unspecified atom stereocenters. The number of aliphatic carboxylic acids is 1. The minimum absolute atomic E-state index is 0.0644. The molecule has 132 valence electrons. The summed E-state index contributed by atoms with van der Waals surface area (Å²) in [6, 6.07) is 12.1. The predicted molar refractivity (Wildman–Crippen MR) is 89.5 cm³/mol. The van der Waals surface area contributed by atoms with Crippen molar-refractivity contribution in [2.24, 2.45) is 0 Å². The Morgan fingerprint density at radius 3 is 2.23 bits per heavy atom. The Labute approximate surface area is 147 Å². The number of Topliss-reactive ketones (excluding diaryl/α,β-unsaturated/α-hetero) is 1. The number of carboxylic acids is 1. The summed E-state index contributed by atoms with van der Waals surface area (Å²) in [5, 5.41) is 19.7. The second-order valence-corrected chi connectivity index (χ2v) is 5.71. The van der Waals surface area contributed by atoms with Gasteiger partial charge in [0.15, 0.2) is 0 Å². The van der Waals surface area contributed by atoms with Gasteiger partial charge in [-0.2, -0.15) is 0 Å². The van der Waals surface area contributed by atoms with Crippen LogP contribution >= 0.6 is 0 Å². The first-order valence-electron chi connectivity index (χ1n) is 7.72. The lowest BCUT2D eigenvalue weighted by molar-refractivity contribution is -0.146. The molecule has 1 atom stereocenters. The molecule has 0 bridgehead atoms. The van der Waals surface area contributed by atoms with E-state index in [0.717, 1.165) is 11.0 Å². The molecular formula is C19H14FNO5. The number of carbonyl (C=O) groups is 3. The van der Waals surface area contributed by atoms with Gasteiger partial charge >= 0.3 is 5.97 Å². The van der Waals surface area contributed by atoms with Crippen LogP contribution in [0.25, 0.3) is 5.76 Å². The highest BCUT2D eigenvalue weighted by atomic mass is 19.1. The summed E-state index contributed by atoms with van der Waals surface area (Å²) < 4.78 is 14.3. The van der Waals surface area contributed by atoms with Crippen molar-refractivity contribution in [3.63, 3.8) is 0 Å². The van der Waals surface area contributed by atoms with Gasteiger partial charge in [0.1, 0.15) is 18.1 Å². The summed E-state index contributed by atoms with van der Waals surface area (Å²) in [6.45, 7) is -0.796. The van der Waals surface area contributed by atoms with Gasteiger partial charge in [0.25, 0.3) is 11.7 Å². The summed E-state index contributed by atoms with van der Waals surface area (Å²) >= 11 is 0. The van der Waals surface area contributed by atoms with Crippen molar-refractivity contribution < 1.29 is 29.0 Å². The van der Waals surface area contributed by atoms with Gasteiger partial charge in [-0.25, -0.2) is 4.39 Å². The smallest absolute Gasteiger partial charge is 0.323 e. The van der Waals surface area contributed by atoms with Crippen LogP contribution in [0.5, 0.6) is 0 Å². The molecule has 1 aliphatic heterocycles. The van der Waals surface area contributed by atoms with Crippen molar-refractivity contribution in [1.82, 2.24) is 4.90 Å². The summed E-state index contributed by atoms with van der Waals surface area (Å²) in [6.07, 6.45) is 0. The van der Waals surface area contributed by atoms with Crippen molar-refractivity contribution in [3.05, 3.63) is 77.1 Å². The number of carbonyl (C=O) groups excluding carboxylic acids is 2. The van der Waals surface area contributed by atoms with Crippen LogP contribution in [0.1, 0.15) is 17.2 Å². The first-order chi connectivity index (χ1) is 12.4. The molecule has 2 N–H and O–H groups in total. The number of amides is 1. The minimum Gasteiger partial charge on any atom is -0.507 e. The van der Waals surface area contributed by atoms with Gasteiger partial charge < -0.3 is 15.1 Å². The molecule has 3 rings (SSSR count). The zero-order valence-corrected chi connectivity index (χ0v) is 13.4. The maximum atomic E-state index is 14.3. The highest BCUT2D eigenvalue weighted by Gasteiger charge is 2.47. The molecule has 1 fully saturated rings. The molecule has 1 aliphatic rings. The molecule has 0 saturated carbocycles. The van der Waals surface area contributed by atoms with Crippen molar-refractivity contribution in [3.8, 4) is 0 Å². The first-order valence-corrected chi connectivity index (χ1v) is 7.72. The van der Waals surface area contributed by atoms with Gasteiger partial charge in [0.05, 0.1) is 11.6 Å². The van der Waals surface area contributed by atoms with E-state index in [-0.39, 0.29) is 16.7 Å². The number of aliphatic hydroxyl groups is 1. The van der Waals surface area contributed by atoms with E-state index < -0.39 is 41.8 Å². The van der Waals surface area contributed by atoms with Gasteiger partial charge in [0, 0.05) is 11.1 Å². The summed E-state index contributed by atoms with van der Waals surface area (Å²) in [7, 11) is 0. The fraction of sp³-hybridized carbons (Fsp3) is 0.105. The molecule has 1 heterocycles. The Balaban J connectivity index is 2.24. The standard InChI is InChI=1S/C19H14FNO5/c20-13-9-5-4-8-12(13)16-15(17(24)11-6-2-1-3-7-11)18(25)19(26)21(16)10-14(22)23/h1-9,16,24H,10H2,(H,22,23). The fourth-order valence-electron chi connectivity index (χ4n) is 2.96. The van der Waals surface area contributed by atoms with Crippen LogP contribution in [0, 0.1) is 5.82 Å². The second-order valence-electron chi connectivity index (χ2n) is 5.71. The number of benzene rings is 2. The van der Waals surface area contributed by atoms with Crippen molar-refractivity contribution in [1.29, 1.82) is 0 Å². The maximum absolute atomic E-state index is 14.3. The molecule has 1 amide bonds. The SMILES string of the molecule is O=C(O)CN1C(=O)C(=O)C(=C(O)c2ccccc2)C1c1ccccc1F. The van der Waals surface area contributed by atoms with Crippen molar-refractivity contribution in [2.75, 3.05) is 6.54 Å². The molecule has 0 aliphatic carbocycles. The van der Waals surface area contributed by atoms with Crippen molar-refractivity contribution >= 4 is 23.4 Å². The van der Waals surface area contributed by atoms with Crippen LogP contribution in [-0.2, 0) is 14.4 Å². The van der Waals surface area contributed by atoms with Gasteiger partial charge in [-0.15, -0.1) is 0 Å². The summed E-state index contributed by atoms with van der Waals surface area (Å²) in [4.78, 5) is 36.7. The number of rotatable bonds is 4. The normalized spacial score (nSPS) is 19.0. The lowest BCUT2D eigenvalue weighted by atomic mass is 9.95. The summed E-state index contributed by atoms with van der Waals surface area (Å²) in [5.74, 6) is -4.70. The fourth-order valence-corrected chi connectivity index (χ4v) is 2.96. The molecule has 0 radical (unpaired) electrons. The number of aliphatic hydroxyl groups excluding tert-OH is 1. The average Bonchev–Trinajstić information content (AvgIpc) is 2.87. The zero-order valence-electron chi connectivity index (χ0n) is 13.4. The van der Waals surface area contributed by atoms with Crippen LogP contribution in [0.4, 0.5) is 4.39 Å². The molecule has 0 spiro atoms. The van der Waals surface area contributed by atoms with E-state index in [1.807, 2.05) is 0 Å². The zero-order chi connectivity index (χ0) is 18.8. The molecular weight excluding hydrogens is 341 g/mol. The number of ketones is 1. The highest BCUT2D eigenvalue weighted by molar-refractivity contribution is 6.46. The number of halogens is 1. The van der Waals surface area contributed by atoms with Crippen LogP contribution in [0.3, 0.4) is 0 Å². The van der Waals surface area contributed by atoms with Crippen LogP contribution in [0.15, 0.2) is 60.2 Å². The van der Waals surface area contributed by atoms with E-state index >= 15 is 0 Å². The predicted octanol–water partition coefficient (Wildman–Crippen LogP) is 2.33. The monoisotopic (exact) mass is 355 g/mol. The van der Waals surface area contributed by atoms with Gasteiger partial charge in [-0.05, 0) is 6.07 Å². The largest absolute Gasteiger partial charge is 0.507 e. The Kier molecular flexibility index (Phi) is 4.53. The van der Waals surface area contributed by atoms with E-state index in [0.29, 0.717) is 0 Å². The summed E-state index contributed by atoms with van der Waals surface area (Å²) in [5.41, 5.74) is -0.139. The number of carboxylic acid groups (broad SMARTS) is 1. The molecule has 1 saturated heterocycles. The Morgan fingerprint density at radius 2 is 1.62 bits per heavy atom. The van der Waals surface area contributed by atoms with Gasteiger partial charge in [-0.1, -0.05) is 48.5 Å². The van der Waals surface area contributed by atoms with Crippen LogP contribution in [0.2, 0.25) is 0 Å². The molecule has 7 heteroatoms. The average molecular weight is 355 g/mol. The molecule has 26 heavy (non-hydrogen) atoms. The van der Waals surface area contributed by atoms with E-state index in [1.165, 1.54) is 30.3 Å². The third-order valence-electron chi connectivity index (χ3n) is 4.09. The third kappa shape index (κ3) is 2.95. The molecule has 2 aromatic carbocycles. The topological polar surface area (TPSA) is 94.9 Å². The second kappa shape index (κ2) is 6.79.